The molecule has 2 N–H and O–H groups in total. The van der Waals surface area contributed by atoms with Gasteiger partial charge in [-0.15, -0.1) is 0 Å². The van der Waals surface area contributed by atoms with E-state index in [9.17, 15) is 14.4 Å². The number of carbonyl (C=O) groups is 3. The Hall–Kier alpha value is -4.11. The molecule has 8 nitrogen and oxygen atoms in total. The van der Waals surface area contributed by atoms with E-state index in [0.29, 0.717) is 27.8 Å². The van der Waals surface area contributed by atoms with Crippen LogP contribution in [0.2, 0.25) is 0 Å². The van der Waals surface area contributed by atoms with Gasteiger partial charge in [0.25, 0.3) is 11.8 Å². The first-order valence-corrected chi connectivity index (χ1v) is 11.0. The number of furan rings is 1. The van der Waals surface area contributed by atoms with Crippen LogP contribution >= 0.6 is 15.9 Å². The zero-order valence-corrected chi connectivity index (χ0v) is 19.3. The smallest absolute Gasteiger partial charge is 0.375 e. The number of amides is 2. The molecular weight excluding hydrogens is 504 g/mol. The third kappa shape index (κ3) is 5.62. The van der Waals surface area contributed by atoms with Crippen molar-refractivity contribution in [1.29, 1.82) is 0 Å². The summed E-state index contributed by atoms with van der Waals surface area (Å²) in [5.41, 5.74) is 5.83. The maximum absolute atomic E-state index is 12.7. The number of hydrogen-bond donors (Lipinski definition) is 2. The highest BCUT2D eigenvalue weighted by molar-refractivity contribution is 9.10. The highest BCUT2D eigenvalue weighted by atomic mass is 79.9. The van der Waals surface area contributed by atoms with Crippen molar-refractivity contribution >= 4 is 44.7 Å². The highest BCUT2D eigenvalue weighted by Crippen LogP contribution is 2.28. The Morgan fingerprint density at radius 1 is 0.853 bits per heavy atom. The number of hydrazine groups is 1. The summed E-state index contributed by atoms with van der Waals surface area (Å²) < 4.78 is 17.4. The minimum absolute atomic E-state index is 0.0520. The third-order valence-corrected chi connectivity index (χ3v) is 5.29. The van der Waals surface area contributed by atoms with Gasteiger partial charge in [0, 0.05) is 15.4 Å². The molecule has 0 saturated carbocycles. The third-order valence-electron chi connectivity index (χ3n) is 4.77. The van der Waals surface area contributed by atoms with Gasteiger partial charge in [-0.1, -0.05) is 52.3 Å². The lowest BCUT2D eigenvalue weighted by Gasteiger charge is -2.09. The second kappa shape index (κ2) is 10.7. The Bertz CT molecular complexity index is 1320. The number of halogens is 1. The molecule has 34 heavy (non-hydrogen) atoms. The molecule has 0 aliphatic rings. The van der Waals surface area contributed by atoms with Crippen molar-refractivity contribution in [3.8, 4) is 5.75 Å². The van der Waals surface area contributed by atoms with Crippen LogP contribution in [0.25, 0.3) is 11.0 Å². The van der Waals surface area contributed by atoms with Crippen LogP contribution in [0.15, 0.2) is 87.8 Å². The van der Waals surface area contributed by atoms with Crippen molar-refractivity contribution in [2.24, 2.45) is 0 Å². The molecule has 0 atom stereocenters. The molecular formula is C25H19BrN2O6. The Morgan fingerprint density at radius 3 is 2.32 bits per heavy atom. The molecule has 0 fully saturated rings. The van der Waals surface area contributed by atoms with Gasteiger partial charge in [0.15, 0.2) is 6.61 Å². The lowest BCUT2D eigenvalue weighted by atomic mass is 10.1. The quantitative estimate of drug-likeness (QED) is 0.275. The van der Waals surface area contributed by atoms with Gasteiger partial charge in [0.2, 0.25) is 5.76 Å². The number of fused-ring (bicyclic) bond motifs is 1. The molecule has 0 saturated heterocycles. The van der Waals surface area contributed by atoms with E-state index in [1.165, 1.54) is 0 Å². The number of para-hydroxylation sites is 2. The zero-order chi connectivity index (χ0) is 23.9. The topological polar surface area (TPSA) is 107 Å². The van der Waals surface area contributed by atoms with Crippen LogP contribution in [0.1, 0.15) is 26.5 Å². The number of ether oxygens (including phenoxy) is 2. The average molecular weight is 523 g/mol. The summed E-state index contributed by atoms with van der Waals surface area (Å²) in [5, 5.41) is 0.705. The first-order valence-electron chi connectivity index (χ1n) is 10.2. The van der Waals surface area contributed by atoms with Crippen molar-refractivity contribution in [2.75, 3.05) is 6.61 Å². The van der Waals surface area contributed by atoms with Gasteiger partial charge < -0.3 is 13.9 Å². The molecule has 0 aliphatic heterocycles. The van der Waals surface area contributed by atoms with Crippen molar-refractivity contribution < 1.29 is 28.3 Å². The van der Waals surface area contributed by atoms with Crippen molar-refractivity contribution in [1.82, 2.24) is 10.9 Å². The van der Waals surface area contributed by atoms with Gasteiger partial charge in [0.05, 0.1) is 5.56 Å². The Kier molecular flexibility index (Phi) is 7.24. The maximum atomic E-state index is 12.7. The number of esters is 1. The van der Waals surface area contributed by atoms with Crippen LogP contribution in [0, 0.1) is 0 Å². The number of rotatable bonds is 7. The fourth-order valence-electron chi connectivity index (χ4n) is 3.11. The zero-order valence-electron chi connectivity index (χ0n) is 17.7. The maximum Gasteiger partial charge on any atom is 0.375 e. The molecule has 0 spiro atoms. The van der Waals surface area contributed by atoms with E-state index in [1.54, 1.807) is 48.5 Å². The molecule has 9 heteroatoms. The van der Waals surface area contributed by atoms with E-state index in [2.05, 4.69) is 26.8 Å². The fraction of sp³-hybridized carbons (Fsp3) is 0.0800. The number of carbonyl (C=O) groups excluding carboxylic acids is 3. The Labute approximate surface area is 202 Å². The first-order chi connectivity index (χ1) is 16.5. The molecule has 2 amide bonds. The number of benzene rings is 3. The van der Waals surface area contributed by atoms with Crippen LogP contribution in [0.3, 0.4) is 0 Å². The van der Waals surface area contributed by atoms with Crippen LogP contribution in [0.4, 0.5) is 0 Å². The summed E-state index contributed by atoms with van der Waals surface area (Å²) in [4.78, 5) is 36.8. The summed E-state index contributed by atoms with van der Waals surface area (Å²) in [5.74, 6) is -1.46. The van der Waals surface area contributed by atoms with Gasteiger partial charge in [-0.25, -0.2) is 4.79 Å². The van der Waals surface area contributed by atoms with Gasteiger partial charge in [-0.05, 0) is 42.5 Å². The molecule has 1 aromatic heterocycles. The normalized spacial score (nSPS) is 10.5. The van der Waals surface area contributed by atoms with Gasteiger partial charge >= 0.3 is 5.97 Å². The lowest BCUT2D eigenvalue weighted by molar-refractivity contribution is -0.125. The van der Waals surface area contributed by atoms with E-state index in [1.807, 2.05) is 30.3 Å². The largest absolute Gasteiger partial charge is 0.489 e. The summed E-state index contributed by atoms with van der Waals surface area (Å²) in [6.45, 7) is -0.545. The van der Waals surface area contributed by atoms with Gasteiger partial charge in [-0.3, -0.25) is 20.4 Å². The van der Waals surface area contributed by atoms with E-state index in [4.69, 9.17) is 13.9 Å². The molecule has 0 aliphatic carbocycles. The summed E-state index contributed by atoms with van der Waals surface area (Å²) in [6.07, 6.45) is 0. The Morgan fingerprint density at radius 2 is 1.56 bits per heavy atom. The Balaban J connectivity index is 1.38. The van der Waals surface area contributed by atoms with Crippen LogP contribution < -0.4 is 15.6 Å². The van der Waals surface area contributed by atoms with E-state index >= 15 is 0 Å². The van der Waals surface area contributed by atoms with Crippen molar-refractivity contribution in [3.63, 3.8) is 0 Å². The lowest BCUT2D eigenvalue weighted by Crippen LogP contribution is -2.43. The second-order valence-corrected chi connectivity index (χ2v) is 8.01. The average Bonchev–Trinajstić information content (AvgIpc) is 3.24. The number of nitrogens with one attached hydrogen (secondary N) is 2. The van der Waals surface area contributed by atoms with Gasteiger partial charge in [-0.2, -0.15) is 0 Å². The molecule has 172 valence electrons. The molecule has 4 aromatic rings. The molecule has 3 aromatic carbocycles. The highest BCUT2D eigenvalue weighted by Gasteiger charge is 2.23. The van der Waals surface area contributed by atoms with Crippen LogP contribution in [-0.4, -0.2) is 24.4 Å². The molecule has 0 radical (unpaired) electrons. The van der Waals surface area contributed by atoms with Crippen molar-refractivity contribution in [3.05, 3.63) is 100 Å². The molecule has 0 unspecified atom stereocenters. The minimum atomic E-state index is -0.822. The standard InChI is InChI=1S/C25H19BrN2O6/c26-17-12-10-16(11-13-17)24(30)28-27-22(29)15-33-25(31)23-20(14-32-18-6-2-1-3-7-18)19-8-4-5-9-21(19)34-23/h1-13H,14-15H2,(H,27,29)(H,28,30). The van der Waals surface area contributed by atoms with Gasteiger partial charge in [0.1, 0.15) is 17.9 Å². The first kappa shape index (κ1) is 23.1. The second-order valence-electron chi connectivity index (χ2n) is 7.09. The summed E-state index contributed by atoms with van der Waals surface area (Å²) in [7, 11) is 0. The summed E-state index contributed by atoms with van der Waals surface area (Å²) in [6, 6.07) is 22.9. The molecule has 4 rings (SSSR count). The summed E-state index contributed by atoms with van der Waals surface area (Å²) >= 11 is 3.28. The van der Waals surface area contributed by atoms with Crippen LogP contribution in [0.5, 0.6) is 5.75 Å². The predicted octanol–water partition coefficient (Wildman–Crippen LogP) is 4.39. The van der Waals surface area contributed by atoms with E-state index in [0.717, 1.165) is 4.47 Å². The minimum Gasteiger partial charge on any atom is -0.489 e. The molecule has 1 heterocycles. The number of hydrogen-bond acceptors (Lipinski definition) is 6. The predicted molar refractivity (Wildman–Crippen MR) is 127 cm³/mol. The molecule has 0 bridgehead atoms. The van der Waals surface area contributed by atoms with Crippen LogP contribution in [-0.2, 0) is 16.1 Å². The fourth-order valence-corrected chi connectivity index (χ4v) is 3.38. The van der Waals surface area contributed by atoms with Crippen molar-refractivity contribution in [2.45, 2.75) is 6.61 Å². The SMILES string of the molecule is O=C(COC(=O)c1oc2ccccc2c1COc1ccccc1)NNC(=O)c1ccc(Br)cc1. The van der Waals surface area contributed by atoms with E-state index < -0.39 is 24.4 Å². The monoisotopic (exact) mass is 522 g/mol. The van der Waals surface area contributed by atoms with E-state index in [-0.39, 0.29) is 12.4 Å².